The first kappa shape index (κ1) is 18.6. The molecular weight excluding hydrogens is 321 g/mol. The maximum absolute atomic E-state index is 13.2. The average Bonchev–Trinajstić information content (AvgIpc) is 2.98. The third-order valence-electron chi connectivity index (χ3n) is 4.12. The van der Waals surface area contributed by atoms with Crippen LogP contribution in [-0.4, -0.2) is 46.2 Å². The number of likely N-dealkylation sites (tertiary alicyclic amines) is 1. The van der Waals surface area contributed by atoms with Gasteiger partial charge in [0.05, 0.1) is 0 Å². The molecule has 0 bridgehead atoms. The van der Waals surface area contributed by atoms with E-state index in [1.165, 1.54) is 4.90 Å². The summed E-state index contributed by atoms with van der Waals surface area (Å²) in [5, 5.41) is 2.18. The molecule has 2 N–H and O–H groups in total. The lowest BCUT2D eigenvalue weighted by atomic mass is 9.88. The van der Waals surface area contributed by atoms with Crippen molar-refractivity contribution < 1.29 is 18.0 Å². The fourth-order valence-corrected chi connectivity index (χ4v) is 2.99. The van der Waals surface area contributed by atoms with Gasteiger partial charge in [0.15, 0.2) is 0 Å². The summed E-state index contributed by atoms with van der Waals surface area (Å²) in [7, 11) is 0. The Morgan fingerprint density at radius 3 is 2.71 bits per heavy atom. The Morgan fingerprint density at radius 2 is 2.17 bits per heavy atom. The van der Waals surface area contributed by atoms with Gasteiger partial charge in [-0.25, -0.2) is 9.78 Å². The van der Waals surface area contributed by atoms with Crippen molar-refractivity contribution in [2.75, 3.05) is 13.1 Å². The van der Waals surface area contributed by atoms with Gasteiger partial charge in [-0.3, -0.25) is 0 Å². The van der Waals surface area contributed by atoms with Crippen LogP contribution in [0.4, 0.5) is 18.0 Å². The summed E-state index contributed by atoms with van der Waals surface area (Å²) in [6.45, 7) is 6.02. The number of urea groups is 1. The maximum Gasteiger partial charge on any atom is 0.408 e. The SMILES string of the molecule is CC(C)(C)CC(NC(=O)N1CCCC(c2ncc[nH]2)C1)C(F)(F)F. The summed E-state index contributed by atoms with van der Waals surface area (Å²) in [4.78, 5) is 21.0. The second-order valence-electron chi connectivity index (χ2n) is 7.57. The Kier molecular flexibility index (Phi) is 5.45. The van der Waals surface area contributed by atoms with Gasteiger partial charge in [-0.2, -0.15) is 13.2 Å². The highest BCUT2D eigenvalue weighted by Crippen LogP contribution is 2.31. The van der Waals surface area contributed by atoms with E-state index in [2.05, 4.69) is 15.3 Å². The molecule has 1 aromatic heterocycles. The first-order valence-electron chi connectivity index (χ1n) is 8.18. The van der Waals surface area contributed by atoms with Crippen LogP contribution in [0.5, 0.6) is 0 Å². The average molecular weight is 346 g/mol. The monoisotopic (exact) mass is 346 g/mol. The van der Waals surface area contributed by atoms with Gasteiger partial charge in [0.25, 0.3) is 0 Å². The highest BCUT2D eigenvalue weighted by atomic mass is 19.4. The second-order valence-corrected chi connectivity index (χ2v) is 7.57. The minimum atomic E-state index is -4.46. The van der Waals surface area contributed by atoms with E-state index in [0.29, 0.717) is 13.1 Å². The molecule has 0 aliphatic carbocycles. The Morgan fingerprint density at radius 1 is 1.46 bits per heavy atom. The minimum absolute atomic E-state index is 0.0338. The Balaban J connectivity index is 2.01. The van der Waals surface area contributed by atoms with Crippen LogP contribution in [0, 0.1) is 5.41 Å². The Labute approximate surface area is 140 Å². The quantitative estimate of drug-likeness (QED) is 0.877. The van der Waals surface area contributed by atoms with Gasteiger partial charge in [0.2, 0.25) is 0 Å². The molecule has 1 aliphatic rings. The zero-order chi connectivity index (χ0) is 18.0. The van der Waals surface area contributed by atoms with E-state index < -0.39 is 23.7 Å². The van der Waals surface area contributed by atoms with E-state index in [4.69, 9.17) is 0 Å². The first-order valence-corrected chi connectivity index (χ1v) is 8.18. The normalized spacial score (nSPS) is 20.8. The predicted molar refractivity (Wildman–Crippen MR) is 84.6 cm³/mol. The molecule has 2 unspecified atom stereocenters. The van der Waals surface area contributed by atoms with Crippen molar-refractivity contribution in [3.63, 3.8) is 0 Å². The number of alkyl halides is 3. The van der Waals surface area contributed by atoms with Gasteiger partial charge in [0.1, 0.15) is 11.9 Å². The Bertz CT molecular complexity index is 537. The highest BCUT2D eigenvalue weighted by Gasteiger charge is 2.43. The molecular formula is C16H25F3N4O. The number of nitrogens with one attached hydrogen (secondary N) is 2. The summed E-state index contributed by atoms with van der Waals surface area (Å²) in [6, 6.07) is -2.49. The van der Waals surface area contributed by atoms with Gasteiger partial charge in [0, 0.05) is 31.4 Å². The lowest BCUT2D eigenvalue weighted by Gasteiger charge is -2.35. The van der Waals surface area contributed by atoms with Crippen LogP contribution in [-0.2, 0) is 0 Å². The summed E-state index contributed by atoms with van der Waals surface area (Å²) in [6.07, 6.45) is 0.336. The van der Waals surface area contributed by atoms with E-state index in [9.17, 15) is 18.0 Å². The summed E-state index contributed by atoms with van der Waals surface area (Å²) in [5.74, 6) is 0.806. The molecule has 0 aromatic carbocycles. The minimum Gasteiger partial charge on any atom is -0.348 e. The lowest BCUT2D eigenvalue weighted by Crippen LogP contribution is -2.53. The lowest BCUT2D eigenvalue weighted by molar-refractivity contribution is -0.159. The zero-order valence-electron chi connectivity index (χ0n) is 14.3. The van der Waals surface area contributed by atoms with E-state index in [1.807, 2.05) is 0 Å². The number of hydrogen-bond donors (Lipinski definition) is 2. The van der Waals surface area contributed by atoms with Crippen molar-refractivity contribution in [1.29, 1.82) is 0 Å². The Hall–Kier alpha value is -1.73. The van der Waals surface area contributed by atoms with Crippen molar-refractivity contribution in [3.8, 4) is 0 Å². The molecule has 2 heterocycles. The largest absolute Gasteiger partial charge is 0.408 e. The number of H-pyrrole nitrogens is 1. The van der Waals surface area contributed by atoms with Gasteiger partial charge < -0.3 is 15.2 Å². The van der Waals surface area contributed by atoms with Crippen molar-refractivity contribution in [3.05, 3.63) is 18.2 Å². The topological polar surface area (TPSA) is 61.0 Å². The number of rotatable bonds is 3. The van der Waals surface area contributed by atoms with Crippen LogP contribution in [0.2, 0.25) is 0 Å². The number of carbonyl (C=O) groups excluding carboxylic acids is 1. The molecule has 1 fully saturated rings. The molecule has 24 heavy (non-hydrogen) atoms. The molecule has 0 radical (unpaired) electrons. The highest BCUT2D eigenvalue weighted by molar-refractivity contribution is 5.74. The predicted octanol–water partition coefficient (Wildman–Crippen LogP) is 3.67. The molecule has 5 nitrogen and oxygen atoms in total. The number of nitrogens with zero attached hydrogens (tertiary/aromatic N) is 2. The fourth-order valence-electron chi connectivity index (χ4n) is 2.99. The molecule has 2 atom stereocenters. The number of imidazole rings is 1. The van der Waals surface area contributed by atoms with Crippen LogP contribution in [0.1, 0.15) is 51.8 Å². The van der Waals surface area contributed by atoms with Crippen molar-refractivity contribution >= 4 is 6.03 Å². The number of amides is 2. The van der Waals surface area contributed by atoms with Crippen molar-refractivity contribution in [2.24, 2.45) is 5.41 Å². The standard InChI is InChI=1S/C16H25F3N4O/c1-15(2,3)9-12(16(17,18)19)22-14(24)23-8-4-5-11(10-23)13-20-6-7-21-13/h6-7,11-12H,4-5,8-10H2,1-3H3,(H,20,21)(H,22,24). The van der Waals surface area contributed by atoms with Gasteiger partial charge in [-0.1, -0.05) is 20.8 Å². The number of hydrogen-bond acceptors (Lipinski definition) is 2. The molecule has 1 aromatic rings. The van der Waals surface area contributed by atoms with Crippen LogP contribution >= 0.6 is 0 Å². The number of aromatic nitrogens is 2. The van der Waals surface area contributed by atoms with E-state index in [0.717, 1.165) is 18.7 Å². The van der Waals surface area contributed by atoms with E-state index >= 15 is 0 Å². The molecule has 1 aliphatic heterocycles. The molecule has 136 valence electrons. The van der Waals surface area contributed by atoms with Gasteiger partial charge >= 0.3 is 12.2 Å². The molecule has 2 amide bonds. The third-order valence-corrected chi connectivity index (χ3v) is 4.12. The fraction of sp³-hybridized carbons (Fsp3) is 0.750. The van der Waals surface area contributed by atoms with Crippen molar-refractivity contribution in [1.82, 2.24) is 20.2 Å². The number of halogens is 3. The van der Waals surface area contributed by atoms with E-state index in [-0.39, 0.29) is 12.3 Å². The summed E-state index contributed by atoms with van der Waals surface area (Å²) in [5.41, 5.74) is -0.536. The first-order chi connectivity index (χ1) is 11.1. The van der Waals surface area contributed by atoms with Crippen LogP contribution < -0.4 is 5.32 Å². The molecule has 1 saturated heterocycles. The smallest absolute Gasteiger partial charge is 0.348 e. The number of carbonyl (C=O) groups is 1. The number of aromatic amines is 1. The van der Waals surface area contributed by atoms with Crippen molar-refractivity contribution in [2.45, 2.75) is 58.2 Å². The maximum atomic E-state index is 13.2. The molecule has 2 rings (SSSR count). The third kappa shape index (κ3) is 5.14. The zero-order valence-corrected chi connectivity index (χ0v) is 14.3. The van der Waals surface area contributed by atoms with Gasteiger partial charge in [-0.05, 0) is 24.7 Å². The van der Waals surface area contributed by atoms with Gasteiger partial charge in [-0.15, -0.1) is 0 Å². The number of piperidine rings is 1. The molecule has 8 heteroatoms. The second kappa shape index (κ2) is 7.03. The van der Waals surface area contributed by atoms with Crippen LogP contribution in [0.15, 0.2) is 12.4 Å². The van der Waals surface area contributed by atoms with E-state index in [1.54, 1.807) is 33.2 Å². The van der Waals surface area contributed by atoms with Crippen LogP contribution in [0.3, 0.4) is 0 Å². The molecule has 0 saturated carbocycles. The summed E-state index contributed by atoms with van der Waals surface area (Å²) < 4.78 is 39.7. The summed E-state index contributed by atoms with van der Waals surface area (Å²) >= 11 is 0. The molecule has 0 spiro atoms. The van der Waals surface area contributed by atoms with Crippen LogP contribution in [0.25, 0.3) is 0 Å².